The Kier molecular flexibility index (Phi) is 3.69. The fourth-order valence-electron chi connectivity index (χ4n) is 4.37. The molecule has 0 saturated carbocycles. The van der Waals surface area contributed by atoms with Crippen molar-refractivity contribution in [1.82, 2.24) is 25.2 Å². The molecule has 0 aliphatic carbocycles. The van der Waals surface area contributed by atoms with E-state index in [9.17, 15) is 5.11 Å². The van der Waals surface area contributed by atoms with Crippen molar-refractivity contribution in [3.05, 3.63) is 11.9 Å². The van der Waals surface area contributed by atoms with Gasteiger partial charge in [0.1, 0.15) is 0 Å². The van der Waals surface area contributed by atoms with Crippen molar-refractivity contribution in [2.75, 3.05) is 32.8 Å². The SMILES string of the molecule is OC[C@H]1C[C@@H]2CCN1C[C@@H]2c1cn(C2CCNCC2)nn1. The van der Waals surface area contributed by atoms with Crippen molar-refractivity contribution in [2.45, 2.75) is 43.7 Å². The molecule has 21 heavy (non-hydrogen) atoms. The van der Waals surface area contributed by atoms with Crippen LogP contribution in [0.4, 0.5) is 0 Å². The normalized spacial score (nSPS) is 37.0. The van der Waals surface area contributed by atoms with Gasteiger partial charge in [0, 0.05) is 24.7 Å². The molecule has 1 aromatic rings. The van der Waals surface area contributed by atoms with Gasteiger partial charge in [-0.1, -0.05) is 5.21 Å². The zero-order valence-electron chi connectivity index (χ0n) is 12.5. The summed E-state index contributed by atoms with van der Waals surface area (Å²) < 4.78 is 2.09. The summed E-state index contributed by atoms with van der Waals surface area (Å²) in [5.74, 6) is 1.18. The van der Waals surface area contributed by atoms with Crippen LogP contribution >= 0.6 is 0 Å². The average Bonchev–Trinajstić information content (AvgIpc) is 3.06. The Bertz CT molecular complexity index is 484. The summed E-state index contributed by atoms with van der Waals surface area (Å²) in [6, 6.07) is 0.887. The lowest BCUT2D eigenvalue weighted by Crippen LogP contribution is -2.53. The van der Waals surface area contributed by atoms with Gasteiger partial charge >= 0.3 is 0 Å². The smallest absolute Gasteiger partial charge is 0.0873 e. The summed E-state index contributed by atoms with van der Waals surface area (Å²) in [6.45, 7) is 4.64. The highest BCUT2D eigenvalue weighted by Gasteiger charge is 2.41. The van der Waals surface area contributed by atoms with E-state index in [1.54, 1.807) is 0 Å². The fourth-order valence-corrected chi connectivity index (χ4v) is 4.37. The highest BCUT2D eigenvalue weighted by molar-refractivity contribution is 5.11. The van der Waals surface area contributed by atoms with E-state index in [4.69, 9.17) is 0 Å². The molecule has 4 aliphatic rings. The molecule has 1 unspecified atom stereocenters. The molecule has 6 heteroatoms. The van der Waals surface area contributed by atoms with Crippen molar-refractivity contribution >= 4 is 0 Å². The first-order valence-corrected chi connectivity index (χ1v) is 8.32. The van der Waals surface area contributed by atoms with Crippen LogP contribution in [0.5, 0.6) is 0 Å². The molecule has 1 aromatic heterocycles. The molecular weight excluding hydrogens is 266 g/mol. The lowest BCUT2D eigenvalue weighted by atomic mass is 9.74. The van der Waals surface area contributed by atoms with Gasteiger partial charge in [0.05, 0.1) is 18.3 Å². The van der Waals surface area contributed by atoms with Gasteiger partial charge in [-0.15, -0.1) is 5.10 Å². The van der Waals surface area contributed by atoms with Gasteiger partial charge < -0.3 is 10.4 Å². The Morgan fingerprint density at radius 1 is 1.29 bits per heavy atom. The first-order chi connectivity index (χ1) is 10.3. The van der Waals surface area contributed by atoms with Crippen molar-refractivity contribution < 1.29 is 5.11 Å². The molecule has 2 bridgehead atoms. The van der Waals surface area contributed by atoms with Crippen molar-refractivity contribution in [3.63, 3.8) is 0 Å². The standard InChI is InChI=1S/C15H25N5O/c21-10-13-7-11-3-6-19(13)8-14(11)15-9-20(18-17-15)12-1-4-16-5-2-12/h9,11-14,16,21H,1-8,10H2/t11-,13+,14-/m0/s1. The van der Waals surface area contributed by atoms with Crippen LogP contribution < -0.4 is 5.32 Å². The Labute approximate surface area is 125 Å². The van der Waals surface area contributed by atoms with Crippen molar-refractivity contribution in [3.8, 4) is 0 Å². The number of aliphatic hydroxyl groups is 1. The monoisotopic (exact) mass is 291 g/mol. The molecular formula is C15H25N5O. The third kappa shape index (κ3) is 2.49. The number of aliphatic hydroxyl groups excluding tert-OH is 1. The van der Waals surface area contributed by atoms with E-state index >= 15 is 0 Å². The predicted molar refractivity (Wildman–Crippen MR) is 79.1 cm³/mol. The van der Waals surface area contributed by atoms with E-state index in [2.05, 4.69) is 31.4 Å². The topological polar surface area (TPSA) is 66.2 Å². The Morgan fingerprint density at radius 3 is 2.86 bits per heavy atom. The number of aromatic nitrogens is 3. The molecule has 116 valence electrons. The Balaban J connectivity index is 1.49. The maximum Gasteiger partial charge on any atom is 0.0873 e. The minimum absolute atomic E-state index is 0.297. The number of nitrogens with one attached hydrogen (secondary N) is 1. The van der Waals surface area contributed by atoms with Crippen molar-refractivity contribution in [1.29, 1.82) is 0 Å². The molecule has 0 amide bonds. The van der Waals surface area contributed by atoms with E-state index in [0.29, 0.717) is 30.5 Å². The number of hydrogen-bond donors (Lipinski definition) is 2. The summed E-state index contributed by atoms with van der Waals surface area (Å²) in [5.41, 5.74) is 1.17. The summed E-state index contributed by atoms with van der Waals surface area (Å²) in [7, 11) is 0. The van der Waals surface area contributed by atoms with Crippen LogP contribution in [0.25, 0.3) is 0 Å². The number of nitrogens with zero attached hydrogens (tertiary/aromatic N) is 4. The van der Waals surface area contributed by atoms with Crippen LogP contribution in [0.1, 0.15) is 43.3 Å². The molecule has 5 rings (SSSR count). The van der Waals surface area contributed by atoms with Gasteiger partial charge in [-0.3, -0.25) is 4.90 Å². The average molecular weight is 291 g/mol. The zero-order valence-corrected chi connectivity index (χ0v) is 12.5. The number of piperidine rings is 4. The summed E-state index contributed by atoms with van der Waals surface area (Å²) >= 11 is 0. The second-order valence-electron chi connectivity index (χ2n) is 6.83. The van der Waals surface area contributed by atoms with Gasteiger partial charge in [-0.05, 0) is 51.2 Å². The van der Waals surface area contributed by atoms with Gasteiger partial charge in [0.15, 0.2) is 0 Å². The quantitative estimate of drug-likeness (QED) is 0.842. The third-order valence-electron chi connectivity index (χ3n) is 5.68. The van der Waals surface area contributed by atoms with Crippen LogP contribution in [-0.4, -0.2) is 63.8 Å². The number of fused-ring (bicyclic) bond motifs is 3. The second-order valence-corrected chi connectivity index (χ2v) is 6.83. The van der Waals surface area contributed by atoms with Gasteiger partial charge in [0.25, 0.3) is 0 Å². The van der Waals surface area contributed by atoms with E-state index in [1.807, 2.05) is 0 Å². The molecule has 4 aliphatic heterocycles. The number of hydrogen-bond acceptors (Lipinski definition) is 5. The van der Waals surface area contributed by atoms with E-state index in [0.717, 1.165) is 45.4 Å². The van der Waals surface area contributed by atoms with Crippen LogP contribution in [0.2, 0.25) is 0 Å². The Morgan fingerprint density at radius 2 is 2.14 bits per heavy atom. The predicted octanol–water partition coefficient (Wildman–Crippen LogP) is 0.373. The second kappa shape index (κ2) is 5.66. The van der Waals surface area contributed by atoms with E-state index in [-0.39, 0.29) is 0 Å². The molecule has 0 spiro atoms. The molecule has 0 radical (unpaired) electrons. The summed E-state index contributed by atoms with van der Waals surface area (Å²) in [5, 5.41) is 21.8. The highest BCUT2D eigenvalue weighted by atomic mass is 16.3. The summed E-state index contributed by atoms with van der Waals surface area (Å²) in [6.07, 6.45) is 6.84. The van der Waals surface area contributed by atoms with Gasteiger partial charge in [-0.2, -0.15) is 0 Å². The maximum atomic E-state index is 9.46. The molecule has 4 atom stereocenters. The molecule has 4 saturated heterocycles. The van der Waals surface area contributed by atoms with E-state index in [1.165, 1.54) is 12.1 Å². The van der Waals surface area contributed by atoms with Crippen LogP contribution in [0.3, 0.4) is 0 Å². The summed E-state index contributed by atoms with van der Waals surface area (Å²) in [4.78, 5) is 2.44. The van der Waals surface area contributed by atoms with Gasteiger partial charge in [0.2, 0.25) is 0 Å². The number of rotatable bonds is 3. The Hall–Kier alpha value is -0.980. The lowest BCUT2D eigenvalue weighted by molar-refractivity contribution is 0.00183. The fraction of sp³-hybridized carbons (Fsp3) is 0.867. The highest BCUT2D eigenvalue weighted by Crippen LogP contribution is 2.41. The maximum absolute atomic E-state index is 9.46. The third-order valence-corrected chi connectivity index (χ3v) is 5.68. The van der Waals surface area contributed by atoms with Gasteiger partial charge in [-0.25, -0.2) is 4.68 Å². The molecule has 6 nitrogen and oxygen atoms in total. The van der Waals surface area contributed by atoms with Crippen LogP contribution in [0.15, 0.2) is 6.20 Å². The molecule has 5 heterocycles. The molecule has 4 fully saturated rings. The minimum Gasteiger partial charge on any atom is -0.395 e. The van der Waals surface area contributed by atoms with E-state index < -0.39 is 0 Å². The van der Waals surface area contributed by atoms with Crippen LogP contribution in [-0.2, 0) is 0 Å². The molecule has 0 aromatic carbocycles. The lowest BCUT2D eigenvalue weighted by Gasteiger charge is -2.48. The molecule has 2 N–H and O–H groups in total. The van der Waals surface area contributed by atoms with Crippen LogP contribution in [0, 0.1) is 5.92 Å². The van der Waals surface area contributed by atoms with Crippen molar-refractivity contribution in [2.24, 2.45) is 5.92 Å². The largest absolute Gasteiger partial charge is 0.395 e. The minimum atomic E-state index is 0.297. The zero-order chi connectivity index (χ0) is 14.2. The first kappa shape index (κ1) is 13.7. The first-order valence-electron chi connectivity index (χ1n) is 8.32.